The number of carbonyl (C=O) groups is 1. The Balaban J connectivity index is 1.63. The maximum Gasteiger partial charge on any atom is 0.410 e. The molecule has 0 spiro atoms. The molecule has 3 heterocycles. The number of halogens is 1. The summed E-state index contributed by atoms with van der Waals surface area (Å²) in [6.07, 6.45) is 4.90. The van der Waals surface area contributed by atoms with Gasteiger partial charge in [-0.3, -0.25) is 13.8 Å². The lowest BCUT2D eigenvalue weighted by molar-refractivity contribution is 0.0274. The van der Waals surface area contributed by atoms with Gasteiger partial charge in [0.15, 0.2) is 0 Å². The number of aromatic nitrogens is 3. The number of unbranched alkanes of at least 4 members (excludes halogenated alkanes) is 2. The molecule has 0 unspecified atom stereocenters. The van der Waals surface area contributed by atoms with Crippen LogP contribution in [0.1, 0.15) is 53.4 Å². The van der Waals surface area contributed by atoms with Crippen LogP contribution in [-0.4, -0.2) is 49.7 Å². The number of likely N-dealkylation sites (tertiary alicyclic amines) is 1. The summed E-state index contributed by atoms with van der Waals surface area (Å²) >= 11 is 6.03. The maximum atomic E-state index is 13.0. The van der Waals surface area contributed by atoms with Crippen molar-refractivity contribution in [2.75, 3.05) is 13.1 Å². The molecule has 0 radical (unpaired) electrons. The van der Waals surface area contributed by atoms with Crippen LogP contribution in [0.3, 0.4) is 0 Å². The van der Waals surface area contributed by atoms with Gasteiger partial charge in [-0.1, -0.05) is 43.5 Å². The summed E-state index contributed by atoms with van der Waals surface area (Å²) in [6, 6.07) is 8.90. The van der Waals surface area contributed by atoms with Crippen molar-refractivity contribution in [2.24, 2.45) is 0 Å². The van der Waals surface area contributed by atoms with Crippen LogP contribution in [0.5, 0.6) is 5.88 Å². The molecule has 2 aromatic heterocycles. The van der Waals surface area contributed by atoms with Gasteiger partial charge in [0, 0.05) is 36.3 Å². The fourth-order valence-corrected chi connectivity index (χ4v) is 4.28. The first-order valence-corrected chi connectivity index (χ1v) is 12.6. The zero-order valence-electron chi connectivity index (χ0n) is 20.8. The highest BCUT2D eigenvalue weighted by molar-refractivity contribution is 6.30. The van der Waals surface area contributed by atoms with E-state index in [-0.39, 0.29) is 17.8 Å². The highest BCUT2D eigenvalue weighted by Gasteiger charge is 2.31. The number of aryl methyl sites for hydroxylation is 1. The molecule has 4 rings (SSSR count). The smallest absolute Gasteiger partial charge is 0.410 e. The fourth-order valence-electron chi connectivity index (χ4n) is 4.15. The Morgan fingerprint density at radius 3 is 2.63 bits per heavy atom. The van der Waals surface area contributed by atoms with E-state index in [1.165, 1.54) is 6.07 Å². The molecule has 1 amide bonds. The van der Waals surface area contributed by atoms with E-state index in [4.69, 9.17) is 26.1 Å². The summed E-state index contributed by atoms with van der Waals surface area (Å²) in [7, 11) is 0. The molecular formula is C26H33ClN4O4. The molecule has 9 heteroatoms. The topological polar surface area (TPSA) is 78.1 Å². The number of ether oxygens (including phenoxy) is 2. The van der Waals surface area contributed by atoms with Crippen molar-refractivity contribution in [3.63, 3.8) is 0 Å². The first-order valence-electron chi connectivity index (χ1n) is 12.2. The Bertz CT molecular complexity index is 1240. The van der Waals surface area contributed by atoms with Gasteiger partial charge in [-0.2, -0.15) is 0 Å². The van der Waals surface area contributed by atoms with Gasteiger partial charge < -0.3 is 14.4 Å². The molecule has 3 aromatic rings. The van der Waals surface area contributed by atoms with E-state index in [2.05, 4.69) is 6.92 Å². The van der Waals surface area contributed by atoms with E-state index in [1.54, 1.807) is 27.6 Å². The van der Waals surface area contributed by atoms with E-state index < -0.39 is 5.60 Å². The Morgan fingerprint density at radius 2 is 1.94 bits per heavy atom. The predicted molar refractivity (Wildman–Crippen MR) is 136 cm³/mol. The summed E-state index contributed by atoms with van der Waals surface area (Å²) in [6.45, 7) is 9.33. The average molecular weight is 501 g/mol. The third-order valence-corrected chi connectivity index (χ3v) is 6.14. The van der Waals surface area contributed by atoms with Crippen molar-refractivity contribution in [3.05, 3.63) is 51.9 Å². The van der Waals surface area contributed by atoms with Crippen molar-refractivity contribution in [2.45, 2.75) is 71.6 Å². The fraction of sp³-hybridized carbons (Fsp3) is 0.500. The molecular weight excluding hydrogens is 468 g/mol. The van der Waals surface area contributed by atoms with Gasteiger partial charge in [-0.15, -0.1) is 0 Å². The average Bonchev–Trinajstić information content (AvgIpc) is 3.43. The van der Waals surface area contributed by atoms with Crippen molar-refractivity contribution in [3.8, 4) is 17.1 Å². The monoisotopic (exact) mass is 500 g/mol. The number of amides is 1. The minimum Gasteiger partial charge on any atom is -0.473 e. The summed E-state index contributed by atoms with van der Waals surface area (Å²) in [4.78, 5) is 31.9. The number of carbonyl (C=O) groups excluding carboxylic acids is 1. The molecule has 0 bridgehead atoms. The lowest BCUT2D eigenvalue weighted by Gasteiger charge is -2.24. The second kappa shape index (κ2) is 10.3. The van der Waals surface area contributed by atoms with E-state index in [0.29, 0.717) is 48.4 Å². The number of hydrogen-bond acceptors (Lipinski definition) is 5. The van der Waals surface area contributed by atoms with Crippen LogP contribution in [0.25, 0.3) is 17.0 Å². The van der Waals surface area contributed by atoms with Crippen LogP contribution >= 0.6 is 11.6 Å². The lowest BCUT2D eigenvalue weighted by atomic mass is 10.2. The molecule has 35 heavy (non-hydrogen) atoms. The SMILES string of the molecule is CCCCCn1c(O[C@H]2CCN(C(=O)OC(C)(C)C)C2)cc(=O)n2cc(-c3ccc(Cl)cc3)nc12. The summed E-state index contributed by atoms with van der Waals surface area (Å²) < 4.78 is 15.3. The molecule has 188 valence electrons. The molecule has 0 aliphatic carbocycles. The molecule has 1 aromatic carbocycles. The summed E-state index contributed by atoms with van der Waals surface area (Å²) in [5.41, 5.74) is 0.806. The zero-order valence-corrected chi connectivity index (χ0v) is 21.5. The van der Waals surface area contributed by atoms with Crippen LogP contribution < -0.4 is 10.3 Å². The number of benzene rings is 1. The standard InChI is InChI=1S/C26H33ClN4O4/c1-5-6-7-13-30-23(34-20-12-14-29(16-20)25(33)35-26(2,3)4)15-22(32)31-17-21(28-24(30)31)18-8-10-19(27)11-9-18/h8-11,15,17,20H,5-7,12-14,16H2,1-4H3/t20-/m0/s1. The molecule has 1 saturated heterocycles. The van der Waals surface area contributed by atoms with Gasteiger partial charge in [-0.05, 0) is 39.3 Å². The lowest BCUT2D eigenvalue weighted by Crippen LogP contribution is -2.36. The maximum absolute atomic E-state index is 13.0. The molecule has 1 aliphatic rings. The van der Waals surface area contributed by atoms with Gasteiger partial charge in [0.1, 0.15) is 11.7 Å². The highest BCUT2D eigenvalue weighted by atomic mass is 35.5. The van der Waals surface area contributed by atoms with Crippen molar-refractivity contribution in [1.29, 1.82) is 0 Å². The van der Waals surface area contributed by atoms with Gasteiger partial charge in [0.2, 0.25) is 11.7 Å². The van der Waals surface area contributed by atoms with E-state index in [0.717, 1.165) is 24.8 Å². The van der Waals surface area contributed by atoms with Crippen LogP contribution in [0, 0.1) is 0 Å². The Labute approximate surface area is 210 Å². The third-order valence-electron chi connectivity index (χ3n) is 5.89. The van der Waals surface area contributed by atoms with Gasteiger partial charge in [-0.25, -0.2) is 9.78 Å². The zero-order chi connectivity index (χ0) is 25.2. The third kappa shape index (κ3) is 5.99. The second-order valence-corrected chi connectivity index (χ2v) is 10.4. The summed E-state index contributed by atoms with van der Waals surface area (Å²) in [5, 5.41) is 0.643. The number of fused-ring (bicyclic) bond motifs is 1. The van der Waals surface area contributed by atoms with E-state index in [9.17, 15) is 9.59 Å². The number of hydrogen-bond donors (Lipinski definition) is 0. The summed E-state index contributed by atoms with van der Waals surface area (Å²) in [5.74, 6) is 1.01. The van der Waals surface area contributed by atoms with Crippen LogP contribution in [0.4, 0.5) is 4.79 Å². The van der Waals surface area contributed by atoms with Crippen molar-refractivity contribution < 1.29 is 14.3 Å². The Hall–Kier alpha value is -3.00. The number of imidazole rings is 1. The van der Waals surface area contributed by atoms with Gasteiger partial charge >= 0.3 is 6.09 Å². The molecule has 1 fully saturated rings. The van der Waals surface area contributed by atoms with Crippen LogP contribution in [-0.2, 0) is 11.3 Å². The Morgan fingerprint density at radius 1 is 1.20 bits per heavy atom. The van der Waals surface area contributed by atoms with Crippen LogP contribution in [0.2, 0.25) is 5.02 Å². The molecule has 8 nitrogen and oxygen atoms in total. The predicted octanol–water partition coefficient (Wildman–Crippen LogP) is 5.39. The quantitative estimate of drug-likeness (QED) is 0.406. The van der Waals surface area contributed by atoms with E-state index in [1.807, 2.05) is 37.5 Å². The molecule has 1 atom stereocenters. The second-order valence-electron chi connectivity index (χ2n) is 9.94. The van der Waals surface area contributed by atoms with Crippen molar-refractivity contribution in [1.82, 2.24) is 18.9 Å². The molecule has 1 aliphatic heterocycles. The van der Waals surface area contributed by atoms with Gasteiger partial charge in [0.25, 0.3) is 5.56 Å². The van der Waals surface area contributed by atoms with Crippen molar-refractivity contribution >= 4 is 23.5 Å². The highest BCUT2D eigenvalue weighted by Crippen LogP contribution is 2.25. The minimum absolute atomic E-state index is 0.212. The minimum atomic E-state index is -0.552. The Kier molecular flexibility index (Phi) is 7.40. The number of nitrogens with zero attached hydrogens (tertiary/aromatic N) is 4. The van der Waals surface area contributed by atoms with E-state index >= 15 is 0 Å². The number of rotatable bonds is 7. The first kappa shape index (κ1) is 25.1. The molecule has 0 N–H and O–H groups in total. The largest absolute Gasteiger partial charge is 0.473 e. The van der Waals surface area contributed by atoms with Gasteiger partial charge in [0.05, 0.1) is 18.3 Å². The van der Waals surface area contributed by atoms with Crippen LogP contribution in [0.15, 0.2) is 41.3 Å². The first-order chi connectivity index (χ1) is 16.6. The normalized spacial score (nSPS) is 16.1. The molecule has 0 saturated carbocycles.